The van der Waals surface area contributed by atoms with Crippen LogP contribution in [0, 0.1) is 10.1 Å². The molecule has 0 saturated heterocycles. The van der Waals surface area contributed by atoms with Gasteiger partial charge < -0.3 is 10.3 Å². The number of benzene rings is 1. The number of nitro groups is 1. The number of hydrogen-bond donors (Lipinski definition) is 2. The minimum absolute atomic E-state index is 0.140. The van der Waals surface area contributed by atoms with Crippen LogP contribution >= 0.6 is 15.9 Å². The number of aromatic nitrogens is 1. The molecule has 0 spiro atoms. The van der Waals surface area contributed by atoms with Crippen molar-refractivity contribution in [2.24, 2.45) is 0 Å². The number of anilines is 1. The summed E-state index contributed by atoms with van der Waals surface area (Å²) in [5.41, 5.74) is 0.600. The summed E-state index contributed by atoms with van der Waals surface area (Å²) in [6.07, 6.45) is 1.18. The fourth-order valence-corrected chi connectivity index (χ4v) is 1.78. The van der Waals surface area contributed by atoms with Crippen LogP contribution in [0.15, 0.2) is 41.0 Å². The Labute approximate surface area is 110 Å². The number of nitrogens with zero attached hydrogens (tertiary/aromatic N) is 1. The fourth-order valence-electron chi connectivity index (χ4n) is 1.38. The van der Waals surface area contributed by atoms with Crippen LogP contribution in [0.4, 0.5) is 11.4 Å². The number of aromatic amines is 1. The van der Waals surface area contributed by atoms with Crippen molar-refractivity contribution >= 4 is 33.2 Å². The molecule has 0 aliphatic rings. The monoisotopic (exact) mass is 309 g/mol. The van der Waals surface area contributed by atoms with Crippen LogP contribution < -0.4 is 5.32 Å². The smallest absolute Gasteiger partial charge is 0.287 e. The van der Waals surface area contributed by atoms with Gasteiger partial charge in [0.1, 0.15) is 5.69 Å². The predicted octanol–water partition coefficient (Wildman–Crippen LogP) is 2.94. The zero-order valence-corrected chi connectivity index (χ0v) is 10.6. The van der Waals surface area contributed by atoms with Crippen molar-refractivity contribution in [3.05, 3.63) is 56.8 Å². The van der Waals surface area contributed by atoms with Gasteiger partial charge in [-0.1, -0.05) is 22.0 Å². The molecule has 1 aromatic carbocycles. The first-order valence-electron chi connectivity index (χ1n) is 4.96. The van der Waals surface area contributed by atoms with Crippen LogP contribution in [0.25, 0.3) is 0 Å². The summed E-state index contributed by atoms with van der Waals surface area (Å²) in [5.74, 6) is -0.429. The number of rotatable bonds is 3. The second-order valence-electron chi connectivity index (χ2n) is 3.49. The molecule has 1 aromatic heterocycles. The van der Waals surface area contributed by atoms with Crippen LogP contribution in [0.5, 0.6) is 0 Å². The zero-order chi connectivity index (χ0) is 13.1. The van der Waals surface area contributed by atoms with Crippen LogP contribution in [-0.4, -0.2) is 15.8 Å². The topological polar surface area (TPSA) is 88.0 Å². The van der Waals surface area contributed by atoms with E-state index in [-0.39, 0.29) is 11.4 Å². The van der Waals surface area contributed by atoms with Crippen molar-refractivity contribution < 1.29 is 9.72 Å². The van der Waals surface area contributed by atoms with Gasteiger partial charge in [0.05, 0.1) is 11.1 Å². The van der Waals surface area contributed by atoms with Gasteiger partial charge in [0.25, 0.3) is 11.6 Å². The molecule has 2 N–H and O–H groups in total. The standard InChI is InChI=1S/C11H8BrN3O3/c12-7-2-1-3-8(4-7)14-11(16)10-5-9(6-13-10)15(17)18/h1-6,13H,(H,14,16). The normalized spacial score (nSPS) is 10.1. The Balaban J connectivity index is 2.14. The Hall–Kier alpha value is -2.15. The van der Waals surface area contributed by atoms with Crippen molar-refractivity contribution in [3.63, 3.8) is 0 Å². The maximum absolute atomic E-state index is 11.8. The van der Waals surface area contributed by atoms with Crippen molar-refractivity contribution in [2.75, 3.05) is 5.32 Å². The number of halogens is 1. The Morgan fingerprint density at radius 3 is 2.78 bits per heavy atom. The minimum atomic E-state index is -0.563. The van der Waals surface area contributed by atoms with Crippen LogP contribution in [0.1, 0.15) is 10.5 Å². The van der Waals surface area contributed by atoms with E-state index in [9.17, 15) is 14.9 Å². The van der Waals surface area contributed by atoms with Gasteiger partial charge >= 0.3 is 0 Å². The molecule has 1 heterocycles. The minimum Gasteiger partial charge on any atom is -0.351 e. The molecule has 92 valence electrons. The summed E-state index contributed by atoms with van der Waals surface area (Å²) >= 11 is 3.28. The Morgan fingerprint density at radius 1 is 1.39 bits per heavy atom. The number of carbonyl (C=O) groups excluding carboxylic acids is 1. The molecule has 0 aliphatic heterocycles. The summed E-state index contributed by atoms with van der Waals surface area (Å²) in [5, 5.41) is 13.1. The molecule has 1 amide bonds. The van der Waals surface area contributed by atoms with E-state index in [0.717, 1.165) is 4.47 Å². The molecule has 6 nitrogen and oxygen atoms in total. The first-order chi connectivity index (χ1) is 8.56. The fraction of sp³-hybridized carbons (Fsp3) is 0. The number of nitrogens with one attached hydrogen (secondary N) is 2. The Morgan fingerprint density at radius 2 is 2.17 bits per heavy atom. The van der Waals surface area contributed by atoms with Gasteiger partial charge in [-0.15, -0.1) is 0 Å². The highest BCUT2D eigenvalue weighted by Gasteiger charge is 2.14. The van der Waals surface area contributed by atoms with Gasteiger partial charge in [0.15, 0.2) is 0 Å². The van der Waals surface area contributed by atoms with E-state index in [1.54, 1.807) is 18.2 Å². The highest BCUT2D eigenvalue weighted by molar-refractivity contribution is 9.10. The van der Waals surface area contributed by atoms with E-state index in [2.05, 4.69) is 26.2 Å². The van der Waals surface area contributed by atoms with E-state index in [0.29, 0.717) is 5.69 Å². The first kappa shape index (κ1) is 12.3. The molecule has 18 heavy (non-hydrogen) atoms. The van der Waals surface area contributed by atoms with E-state index < -0.39 is 10.8 Å². The molecule has 0 fully saturated rings. The average molecular weight is 310 g/mol. The summed E-state index contributed by atoms with van der Waals surface area (Å²) in [6.45, 7) is 0. The molecule has 0 aliphatic carbocycles. The molecular formula is C11H8BrN3O3. The van der Waals surface area contributed by atoms with Crippen molar-refractivity contribution in [1.82, 2.24) is 4.98 Å². The number of hydrogen-bond acceptors (Lipinski definition) is 3. The molecule has 2 aromatic rings. The zero-order valence-electron chi connectivity index (χ0n) is 9.01. The second-order valence-corrected chi connectivity index (χ2v) is 4.41. The maximum Gasteiger partial charge on any atom is 0.287 e. The van der Waals surface area contributed by atoms with Gasteiger partial charge in [0.2, 0.25) is 0 Å². The second kappa shape index (κ2) is 5.01. The third-order valence-corrected chi connectivity index (χ3v) is 2.70. The van der Waals surface area contributed by atoms with Crippen LogP contribution in [0.2, 0.25) is 0 Å². The van der Waals surface area contributed by atoms with Crippen molar-refractivity contribution in [3.8, 4) is 0 Å². The SMILES string of the molecule is O=C(Nc1cccc(Br)c1)c1cc([N+](=O)[O-])c[nH]1. The predicted molar refractivity (Wildman–Crippen MR) is 69.5 cm³/mol. The van der Waals surface area contributed by atoms with E-state index in [1.165, 1.54) is 12.3 Å². The maximum atomic E-state index is 11.8. The molecule has 0 saturated carbocycles. The van der Waals surface area contributed by atoms with Crippen molar-refractivity contribution in [2.45, 2.75) is 0 Å². The molecule has 7 heteroatoms. The third-order valence-electron chi connectivity index (χ3n) is 2.21. The lowest BCUT2D eigenvalue weighted by Gasteiger charge is -2.03. The lowest BCUT2D eigenvalue weighted by Crippen LogP contribution is -2.12. The first-order valence-corrected chi connectivity index (χ1v) is 5.75. The van der Waals surface area contributed by atoms with E-state index in [4.69, 9.17) is 0 Å². The van der Waals surface area contributed by atoms with E-state index >= 15 is 0 Å². The van der Waals surface area contributed by atoms with Crippen molar-refractivity contribution in [1.29, 1.82) is 0 Å². The Bertz CT molecular complexity index is 609. The summed E-state index contributed by atoms with van der Waals surface area (Å²) in [4.78, 5) is 24.3. The molecule has 0 bridgehead atoms. The van der Waals surface area contributed by atoms with Gasteiger partial charge in [-0.3, -0.25) is 14.9 Å². The number of carbonyl (C=O) groups is 1. The molecule has 2 rings (SSSR count). The summed E-state index contributed by atoms with van der Waals surface area (Å²) in [6, 6.07) is 8.24. The summed E-state index contributed by atoms with van der Waals surface area (Å²) < 4.78 is 0.831. The number of amides is 1. The number of H-pyrrole nitrogens is 1. The highest BCUT2D eigenvalue weighted by Crippen LogP contribution is 2.17. The van der Waals surface area contributed by atoms with Gasteiger partial charge in [-0.25, -0.2) is 0 Å². The highest BCUT2D eigenvalue weighted by atomic mass is 79.9. The van der Waals surface area contributed by atoms with Gasteiger partial charge in [-0.2, -0.15) is 0 Å². The van der Waals surface area contributed by atoms with E-state index in [1.807, 2.05) is 6.07 Å². The third kappa shape index (κ3) is 2.75. The van der Waals surface area contributed by atoms with Crippen LogP contribution in [-0.2, 0) is 0 Å². The lowest BCUT2D eigenvalue weighted by molar-refractivity contribution is -0.384. The molecule has 0 unspecified atom stereocenters. The molecular weight excluding hydrogens is 302 g/mol. The summed E-state index contributed by atoms with van der Waals surface area (Å²) in [7, 11) is 0. The average Bonchev–Trinajstić information content (AvgIpc) is 2.78. The Kier molecular flexibility index (Phi) is 3.42. The molecule has 0 radical (unpaired) electrons. The quantitative estimate of drug-likeness (QED) is 0.675. The molecule has 0 atom stereocenters. The van der Waals surface area contributed by atoms with Gasteiger partial charge in [-0.05, 0) is 18.2 Å². The van der Waals surface area contributed by atoms with Gasteiger partial charge in [0, 0.05) is 16.2 Å². The lowest BCUT2D eigenvalue weighted by atomic mass is 10.3. The largest absolute Gasteiger partial charge is 0.351 e. The van der Waals surface area contributed by atoms with Crippen LogP contribution in [0.3, 0.4) is 0 Å².